The van der Waals surface area contributed by atoms with Gasteiger partial charge in [-0.3, -0.25) is 9.69 Å². The Morgan fingerprint density at radius 2 is 2.02 bits per heavy atom. The van der Waals surface area contributed by atoms with E-state index < -0.39 is 46.2 Å². The van der Waals surface area contributed by atoms with E-state index in [9.17, 15) is 26.7 Å². The first-order valence-electron chi connectivity index (χ1n) is 16.1. The Hall–Kier alpha value is -4.62. The first kappa shape index (κ1) is 32.6. The zero-order chi connectivity index (χ0) is 35.3. The second-order valence-corrected chi connectivity index (χ2v) is 14.3. The number of nitrogens with two attached hydrogens (primary N) is 1. The zero-order valence-corrected chi connectivity index (χ0v) is 27.2. The highest BCUT2D eigenvalue weighted by molar-refractivity contribution is 7.23. The summed E-state index contributed by atoms with van der Waals surface area (Å²) in [5, 5.41) is -0.591. The second-order valence-electron chi connectivity index (χ2n) is 13.2. The van der Waals surface area contributed by atoms with Crippen molar-refractivity contribution in [3.05, 3.63) is 59.5 Å². The number of fused-ring (bicyclic) bond motifs is 4. The molecule has 4 aliphatic rings. The van der Waals surface area contributed by atoms with E-state index in [-0.39, 0.29) is 87.7 Å². The number of benzene rings is 2. The van der Waals surface area contributed by atoms with Crippen molar-refractivity contribution in [3.8, 4) is 17.1 Å². The number of aromatic nitrogens is 2. The van der Waals surface area contributed by atoms with Crippen molar-refractivity contribution in [1.29, 1.82) is 0 Å². The first-order valence-corrected chi connectivity index (χ1v) is 16.9. The molecular weight excluding hydrogens is 684 g/mol. The van der Waals surface area contributed by atoms with Crippen LogP contribution in [-0.2, 0) is 11.0 Å². The Bertz CT molecular complexity index is 2150. The minimum Gasteiger partial charge on any atom is -0.461 e. The minimum absolute atomic E-state index is 0.00320. The van der Waals surface area contributed by atoms with Gasteiger partial charge >= 0.3 is 12.2 Å². The molecule has 0 spiro atoms. The summed E-state index contributed by atoms with van der Waals surface area (Å²) in [6.45, 7) is 12.7. The van der Waals surface area contributed by atoms with Crippen molar-refractivity contribution in [2.24, 2.45) is 0 Å². The molecule has 6 heterocycles. The van der Waals surface area contributed by atoms with Crippen LogP contribution in [0.1, 0.15) is 31.2 Å². The smallest absolute Gasteiger partial charge is 0.417 e. The highest BCUT2D eigenvalue weighted by Gasteiger charge is 2.51. The molecule has 4 aliphatic heterocycles. The lowest BCUT2D eigenvalue weighted by molar-refractivity contribution is -0.137. The van der Waals surface area contributed by atoms with Crippen LogP contribution in [0.3, 0.4) is 0 Å². The van der Waals surface area contributed by atoms with Gasteiger partial charge in [0.25, 0.3) is 0 Å². The number of likely N-dealkylation sites (tertiary alicyclic amines) is 1. The van der Waals surface area contributed by atoms with Crippen LogP contribution in [-0.4, -0.2) is 82.3 Å². The third-order valence-electron chi connectivity index (χ3n) is 10.6. The van der Waals surface area contributed by atoms with Crippen LogP contribution in [0.4, 0.5) is 42.8 Å². The summed E-state index contributed by atoms with van der Waals surface area (Å²) in [6.07, 6.45) is -2.73. The average Bonchev–Trinajstić information content (AvgIpc) is 3.79. The fraction of sp³-hybridized carbons (Fsp3) is 0.412. The molecule has 260 valence electrons. The Kier molecular flexibility index (Phi) is 7.46. The van der Waals surface area contributed by atoms with Crippen LogP contribution in [0.15, 0.2) is 30.9 Å². The average molecular weight is 714 g/mol. The van der Waals surface area contributed by atoms with E-state index in [4.69, 9.17) is 17.0 Å². The number of carbonyl (C=O) groups excluding carboxylic acids is 1. The number of nitrogen functional groups attached to an aromatic ring is 1. The molecule has 16 heteroatoms. The molecule has 2 N–H and O–H groups in total. The predicted molar refractivity (Wildman–Crippen MR) is 176 cm³/mol. The summed E-state index contributed by atoms with van der Waals surface area (Å²) in [4.78, 5) is 30.0. The van der Waals surface area contributed by atoms with E-state index in [1.54, 1.807) is 9.80 Å². The normalized spacial score (nSPS) is 24.8. The lowest BCUT2D eigenvalue weighted by Crippen LogP contribution is -2.63. The lowest BCUT2D eigenvalue weighted by Gasteiger charge is -2.47. The van der Waals surface area contributed by atoms with Gasteiger partial charge in [0.05, 0.1) is 39.5 Å². The maximum absolute atomic E-state index is 17.1. The van der Waals surface area contributed by atoms with Gasteiger partial charge in [0, 0.05) is 42.4 Å². The number of hydrogen-bond donors (Lipinski definition) is 1. The molecule has 4 aromatic rings. The van der Waals surface area contributed by atoms with Gasteiger partial charge in [-0.15, -0.1) is 11.3 Å². The number of halogens is 6. The number of ether oxygens (including phenoxy) is 1. The van der Waals surface area contributed by atoms with Crippen molar-refractivity contribution >= 4 is 54.7 Å². The van der Waals surface area contributed by atoms with Crippen molar-refractivity contribution in [2.45, 2.75) is 55.7 Å². The number of carbonyl (C=O) groups is 1. The quantitative estimate of drug-likeness (QED) is 0.133. The SMILES string of the molecule is [C-]#[N+]c1c(N)sc2c(F)ccc(-c3c(C(F)(F)F)cc4c(N5C[C@@H]6[C@H]5CCN6C(=O)C=C)nc(OC[C@@]56CCCN5C[C@H](F)C6)nc4c3F)c12. The molecule has 0 bridgehead atoms. The maximum atomic E-state index is 17.1. The summed E-state index contributed by atoms with van der Waals surface area (Å²) in [5.74, 6) is -2.46. The van der Waals surface area contributed by atoms with Crippen molar-refractivity contribution < 1.29 is 35.9 Å². The van der Waals surface area contributed by atoms with Crippen molar-refractivity contribution in [3.63, 3.8) is 0 Å². The predicted octanol–water partition coefficient (Wildman–Crippen LogP) is 6.87. The van der Waals surface area contributed by atoms with Gasteiger partial charge in [-0.2, -0.15) is 23.1 Å². The number of anilines is 2. The third-order valence-corrected chi connectivity index (χ3v) is 11.6. The molecule has 0 radical (unpaired) electrons. The van der Waals surface area contributed by atoms with Gasteiger partial charge < -0.3 is 20.3 Å². The molecule has 9 nitrogen and oxygen atoms in total. The molecule has 2 aromatic carbocycles. The number of alkyl halides is 4. The van der Waals surface area contributed by atoms with E-state index in [0.29, 0.717) is 37.3 Å². The van der Waals surface area contributed by atoms with Crippen molar-refractivity contribution in [1.82, 2.24) is 19.8 Å². The van der Waals surface area contributed by atoms with Gasteiger partial charge in [-0.05, 0) is 49.6 Å². The van der Waals surface area contributed by atoms with Crippen LogP contribution < -0.4 is 15.4 Å². The van der Waals surface area contributed by atoms with Gasteiger partial charge in [-0.25, -0.2) is 18.0 Å². The van der Waals surface area contributed by atoms with Gasteiger partial charge in [-0.1, -0.05) is 12.6 Å². The molecule has 0 saturated carbocycles. The van der Waals surface area contributed by atoms with Gasteiger partial charge in [0.15, 0.2) is 5.82 Å². The molecule has 8 rings (SSSR count). The number of rotatable bonds is 6. The monoisotopic (exact) mass is 713 g/mol. The van der Waals surface area contributed by atoms with E-state index in [0.717, 1.165) is 24.6 Å². The molecule has 50 heavy (non-hydrogen) atoms. The van der Waals surface area contributed by atoms with Crippen LogP contribution in [0.25, 0.3) is 37.0 Å². The molecule has 4 fully saturated rings. The molecule has 2 aromatic heterocycles. The fourth-order valence-electron chi connectivity index (χ4n) is 8.36. The molecule has 4 saturated heterocycles. The van der Waals surface area contributed by atoms with E-state index in [1.165, 1.54) is 6.08 Å². The Morgan fingerprint density at radius 1 is 1.22 bits per heavy atom. The van der Waals surface area contributed by atoms with E-state index in [2.05, 4.69) is 21.4 Å². The van der Waals surface area contributed by atoms with Gasteiger partial charge in [0.2, 0.25) is 11.6 Å². The van der Waals surface area contributed by atoms with E-state index >= 15 is 4.39 Å². The molecule has 1 amide bonds. The fourth-order valence-corrected chi connectivity index (χ4v) is 9.29. The van der Waals surface area contributed by atoms with Crippen LogP contribution in [0, 0.1) is 18.2 Å². The molecule has 4 atom stereocenters. The summed E-state index contributed by atoms with van der Waals surface area (Å²) in [5.41, 5.74) is 1.92. The Labute approximate surface area is 285 Å². The minimum atomic E-state index is -5.11. The van der Waals surface area contributed by atoms with Crippen LogP contribution in [0.5, 0.6) is 6.01 Å². The number of thiophene rings is 1. The zero-order valence-electron chi connectivity index (χ0n) is 26.4. The summed E-state index contributed by atoms with van der Waals surface area (Å²) < 4.78 is 97.3. The van der Waals surface area contributed by atoms with Crippen molar-refractivity contribution in [2.75, 3.05) is 43.4 Å². The molecule has 0 aliphatic carbocycles. The van der Waals surface area contributed by atoms with Crippen LogP contribution >= 0.6 is 11.3 Å². The maximum Gasteiger partial charge on any atom is 0.417 e. The highest BCUT2D eigenvalue weighted by atomic mass is 32.1. The second kappa shape index (κ2) is 11.5. The van der Waals surface area contributed by atoms with Gasteiger partial charge in [0.1, 0.15) is 29.9 Å². The number of hydrogen-bond acceptors (Lipinski definition) is 8. The largest absolute Gasteiger partial charge is 0.461 e. The van der Waals surface area contributed by atoms with Crippen LogP contribution in [0.2, 0.25) is 0 Å². The summed E-state index contributed by atoms with van der Waals surface area (Å²) in [7, 11) is 0. The first-order chi connectivity index (χ1) is 23.8. The number of nitrogens with zero attached hydrogens (tertiary/aromatic N) is 6. The Morgan fingerprint density at radius 3 is 2.76 bits per heavy atom. The standard InChI is InChI=1S/C34H29F6N7O2S/c1-3-23(48)46-10-7-21-22(46)14-47(21)31-18-11-19(34(38,39)40)24(17-5-6-20(36)29-25(17)28(42-2)30(41)50-29)26(37)27(18)43-32(44-31)49-15-33-8-4-9-45(33)13-16(35)12-33/h3,5-6,11,16,21-22H,1,4,7-10,12-15,41H2/t16-,21-,22-,33+/m1/s1. The third kappa shape index (κ3) is 4.80. The summed E-state index contributed by atoms with van der Waals surface area (Å²) in [6, 6.07) is 1.81. The molecule has 0 unspecified atom stereocenters. The van der Waals surface area contributed by atoms with E-state index in [1.807, 2.05) is 4.90 Å². The highest BCUT2D eigenvalue weighted by Crippen LogP contribution is 2.51. The summed E-state index contributed by atoms with van der Waals surface area (Å²) >= 11 is 0.687. The topological polar surface area (TPSA) is 92.2 Å². The molecular formula is C34H29F6N7O2S. The number of amides is 1. The lowest BCUT2D eigenvalue weighted by atomic mass is 9.92. The Balaban J connectivity index is 1.32.